The van der Waals surface area contributed by atoms with Gasteiger partial charge in [0.2, 0.25) is 10.0 Å². The number of hydrogen-bond donors (Lipinski definition) is 0. The zero-order chi connectivity index (χ0) is 19.4. The van der Waals surface area contributed by atoms with E-state index in [1.165, 1.54) is 28.2 Å². The van der Waals surface area contributed by atoms with E-state index in [0.717, 1.165) is 11.6 Å². The van der Waals surface area contributed by atoms with Crippen molar-refractivity contribution in [1.29, 1.82) is 0 Å². The fourth-order valence-corrected chi connectivity index (χ4v) is 5.11. The SMILES string of the molecule is O=[N+]([O-])c1cc(S(=O)(=O)N2CCOCC2)ccc1SCc1ccc(Cl)cc1. The summed E-state index contributed by atoms with van der Waals surface area (Å²) in [4.78, 5) is 11.3. The molecule has 1 saturated heterocycles. The van der Waals surface area contributed by atoms with Gasteiger partial charge in [-0.15, -0.1) is 11.8 Å². The number of nitro groups is 1. The Bertz CT molecular complexity index is 929. The predicted molar refractivity (Wildman–Crippen MR) is 104 cm³/mol. The largest absolute Gasteiger partial charge is 0.379 e. The van der Waals surface area contributed by atoms with Gasteiger partial charge in [-0.3, -0.25) is 10.1 Å². The van der Waals surface area contributed by atoms with E-state index in [1.807, 2.05) is 12.1 Å². The molecule has 0 radical (unpaired) electrons. The topological polar surface area (TPSA) is 89.8 Å². The summed E-state index contributed by atoms with van der Waals surface area (Å²) in [5, 5.41) is 12.1. The number of sulfonamides is 1. The molecule has 1 fully saturated rings. The molecule has 27 heavy (non-hydrogen) atoms. The van der Waals surface area contributed by atoms with Gasteiger partial charge in [0.05, 0.1) is 27.9 Å². The molecule has 0 unspecified atom stereocenters. The summed E-state index contributed by atoms with van der Waals surface area (Å²) >= 11 is 7.13. The minimum atomic E-state index is -3.78. The second kappa shape index (κ2) is 8.57. The van der Waals surface area contributed by atoms with Crippen LogP contribution in [0.3, 0.4) is 0 Å². The Balaban J connectivity index is 1.84. The maximum Gasteiger partial charge on any atom is 0.284 e. The van der Waals surface area contributed by atoms with Crippen molar-refractivity contribution in [2.45, 2.75) is 15.5 Å². The lowest BCUT2D eigenvalue weighted by atomic mass is 10.2. The molecule has 1 heterocycles. The smallest absolute Gasteiger partial charge is 0.284 e. The predicted octanol–water partition coefficient (Wildman–Crippen LogP) is 3.56. The molecule has 2 aromatic rings. The number of morpholine rings is 1. The summed E-state index contributed by atoms with van der Waals surface area (Å²) in [6.45, 7) is 1.11. The van der Waals surface area contributed by atoms with Crippen LogP contribution in [0.4, 0.5) is 5.69 Å². The highest BCUT2D eigenvalue weighted by Crippen LogP contribution is 2.34. The summed E-state index contributed by atoms with van der Waals surface area (Å²) in [6.07, 6.45) is 0. The minimum absolute atomic E-state index is 0.0769. The Morgan fingerprint density at radius 3 is 2.44 bits per heavy atom. The third-order valence-electron chi connectivity index (χ3n) is 4.04. The van der Waals surface area contributed by atoms with Crippen molar-refractivity contribution in [1.82, 2.24) is 4.31 Å². The fourth-order valence-electron chi connectivity index (χ4n) is 2.60. The highest BCUT2D eigenvalue weighted by molar-refractivity contribution is 7.98. The van der Waals surface area contributed by atoms with Crippen molar-refractivity contribution in [2.24, 2.45) is 0 Å². The zero-order valence-corrected chi connectivity index (χ0v) is 16.6. The second-order valence-corrected chi connectivity index (χ2v) is 9.21. The lowest BCUT2D eigenvalue weighted by Gasteiger charge is -2.26. The molecule has 0 aliphatic carbocycles. The standard InChI is InChI=1S/C17H17ClN2O5S2/c18-14-3-1-13(2-4-14)12-26-17-6-5-15(11-16(17)20(21)22)27(23,24)19-7-9-25-10-8-19/h1-6,11H,7-10,12H2. The number of nitrogens with zero attached hydrogens (tertiary/aromatic N) is 2. The minimum Gasteiger partial charge on any atom is -0.379 e. The molecular weight excluding hydrogens is 412 g/mol. The van der Waals surface area contributed by atoms with Crippen LogP contribution in [0.5, 0.6) is 0 Å². The van der Waals surface area contributed by atoms with Crippen molar-refractivity contribution in [2.75, 3.05) is 26.3 Å². The number of hydrogen-bond acceptors (Lipinski definition) is 6. The van der Waals surface area contributed by atoms with Gasteiger partial charge in [0.15, 0.2) is 0 Å². The quantitative estimate of drug-likeness (QED) is 0.397. The number of benzene rings is 2. The molecule has 0 N–H and O–H groups in total. The Morgan fingerprint density at radius 2 is 1.81 bits per heavy atom. The molecule has 0 atom stereocenters. The van der Waals surface area contributed by atoms with E-state index in [1.54, 1.807) is 12.1 Å². The average Bonchev–Trinajstić information content (AvgIpc) is 2.68. The van der Waals surface area contributed by atoms with Crippen molar-refractivity contribution >= 4 is 39.1 Å². The highest BCUT2D eigenvalue weighted by Gasteiger charge is 2.28. The van der Waals surface area contributed by atoms with Gasteiger partial charge in [-0.1, -0.05) is 23.7 Å². The number of rotatable bonds is 6. The number of thioether (sulfide) groups is 1. The van der Waals surface area contributed by atoms with Crippen LogP contribution >= 0.6 is 23.4 Å². The van der Waals surface area contributed by atoms with Gasteiger partial charge in [-0.05, 0) is 29.8 Å². The molecule has 1 aliphatic rings. The van der Waals surface area contributed by atoms with Gasteiger partial charge in [-0.25, -0.2) is 8.42 Å². The normalized spacial score (nSPS) is 15.6. The first-order chi connectivity index (χ1) is 12.9. The summed E-state index contributed by atoms with van der Waals surface area (Å²) in [7, 11) is -3.78. The van der Waals surface area contributed by atoms with Crippen LogP contribution in [0.2, 0.25) is 5.02 Å². The van der Waals surface area contributed by atoms with Crippen LogP contribution in [0.1, 0.15) is 5.56 Å². The molecule has 0 saturated carbocycles. The highest BCUT2D eigenvalue weighted by atomic mass is 35.5. The maximum absolute atomic E-state index is 12.7. The first-order valence-corrected chi connectivity index (χ1v) is 10.9. The molecule has 0 amide bonds. The molecule has 2 aromatic carbocycles. The van der Waals surface area contributed by atoms with Crippen LogP contribution < -0.4 is 0 Å². The summed E-state index contributed by atoms with van der Waals surface area (Å²) in [5.41, 5.74) is 0.743. The summed E-state index contributed by atoms with van der Waals surface area (Å²) in [6, 6.07) is 11.2. The number of nitro benzene ring substituents is 1. The maximum atomic E-state index is 12.7. The van der Waals surface area contributed by atoms with Gasteiger partial charge in [0.25, 0.3) is 5.69 Å². The van der Waals surface area contributed by atoms with Crippen molar-refractivity contribution in [3.63, 3.8) is 0 Å². The van der Waals surface area contributed by atoms with Crippen molar-refractivity contribution in [3.05, 3.63) is 63.2 Å². The van der Waals surface area contributed by atoms with E-state index in [9.17, 15) is 18.5 Å². The lowest BCUT2D eigenvalue weighted by molar-refractivity contribution is -0.388. The Morgan fingerprint density at radius 1 is 1.15 bits per heavy atom. The van der Waals surface area contributed by atoms with Crippen LogP contribution in [0.25, 0.3) is 0 Å². The van der Waals surface area contributed by atoms with Gasteiger partial charge in [0.1, 0.15) is 0 Å². The van der Waals surface area contributed by atoms with Crippen LogP contribution in [-0.2, 0) is 20.5 Å². The Kier molecular flexibility index (Phi) is 6.38. The average molecular weight is 429 g/mol. The first-order valence-electron chi connectivity index (χ1n) is 8.11. The molecular formula is C17H17ClN2O5S2. The molecule has 10 heteroatoms. The number of halogens is 1. The summed E-state index contributed by atoms with van der Waals surface area (Å²) < 4.78 is 31.9. The first kappa shape index (κ1) is 20.1. The van der Waals surface area contributed by atoms with Crippen LogP contribution in [0.15, 0.2) is 52.3 Å². The third kappa shape index (κ3) is 4.80. The zero-order valence-electron chi connectivity index (χ0n) is 14.2. The second-order valence-electron chi connectivity index (χ2n) is 5.82. The monoisotopic (exact) mass is 428 g/mol. The molecule has 144 valence electrons. The van der Waals surface area contributed by atoms with Gasteiger partial charge < -0.3 is 4.74 Å². The van der Waals surface area contributed by atoms with E-state index < -0.39 is 14.9 Å². The van der Waals surface area contributed by atoms with E-state index >= 15 is 0 Å². The Hall–Kier alpha value is -1.65. The molecule has 3 rings (SSSR count). The van der Waals surface area contributed by atoms with E-state index in [0.29, 0.717) is 28.9 Å². The van der Waals surface area contributed by atoms with Gasteiger partial charge in [0, 0.05) is 29.9 Å². The van der Waals surface area contributed by atoms with Crippen LogP contribution in [-0.4, -0.2) is 43.9 Å². The molecule has 0 bridgehead atoms. The molecule has 7 nitrogen and oxygen atoms in total. The molecule has 0 aromatic heterocycles. The lowest BCUT2D eigenvalue weighted by Crippen LogP contribution is -2.40. The summed E-state index contributed by atoms with van der Waals surface area (Å²) in [5.74, 6) is 0.508. The van der Waals surface area contributed by atoms with E-state index in [-0.39, 0.29) is 23.7 Å². The van der Waals surface area contributed by atoms with Crippen LogP contribution in [0, 0.1) is 10.1 Å². The fraction of sp³-hybridized carbons (Fsp3) is 0.294. The van der Waals surface area contributed by atoms with Gasteiger partial charge >= 0.3 is 0 Å². The van der Waals surface area contributed by atoms with Crippen molar-refractivity contribution < 1.29 is 18.1 Å². The Labute approximate surface area is 166 Å². The van der Waals surface area contributed by atoms with E-state index in [2.05, 4.69) is 0 Å². The number of ether oxygens (including phenoxy) is 1. The van der Waals surface area contributed by atoms with Crippen molar-refractivity contribution in [3.8, 4) is 0 Å². The molecule has 1 aliphatic heterocycles. The van der Waals surface area contributed by atoms with E-state index in [4.69, 9.17) is 16.3 Å². The third-order valence-corrected chi connectivity index (χ3v) is 7.32. The van der Waals surface area contributed by atoms with Gasteiger partial charge in [-0.2, -0.15) is 4.31 Å². The molecule has 0 spiro atoms.